The summed E-state index contributed by atoms with van der Waals surface area (Å²) in [5.74, 6) is 0.677. The summed E-state index contributed by atoms with van der Waals surface area (Å²) in [4.78, 5) is 10.9. The summed E-state index contributed by atoms with van der Waals surface area (Å²) in [5, 5.41) is 10.9. The van der Waals surface area contributed by atoms with Crippen LogP contribution in [0, 0.1) is 0 Å². The topological polar surface area (TPSA) is 30.7 Å². The van der Waals surface area contributed by atoms with Gasteiger partial charge in [0.2, 0.25) is 5.95 Å². The number of benzene rings is 8. The third-order valence-electron chi connectivity index (χ3n) is 10.1. The summed E-state index contributed by atoms with van der Waals surface area (Å²) in [5.41, 5.74) is 10.3. The molecule has 0 N–H and O–H groups in total. The first-order valence-electron chi connectivity index (χ1n) is 16.1. The molecule has 47 heavy (non-hydrogen) atoms. The molecule has 0 spiro atoms. The molecular formula is C44H25N3. The van der Waals surface area contributed by atoms with Gasteiger partial charge in [0.15, 0.2) is 0 Å². The van der Waals surface area contributed by atoms with E-state index in [4.69, 9.17) is 9.97 Å². The molecule has 0 fully saturated rings. The molecule has 2 heterocycles. The predicted molar refractivity (Wildman–Crippen MR) is 196 cm³/mol. The van der Waals surface area contributed by atoms with Crippen molar-refractivity contribution in [2.75, 3.05) is 0 Å². The van der Waals surface area contributed by atoms with E-state index in [0.717, 1.165) is 38.6 Å². The molecule has 1 aliphatic rings. The molecule has 0 amide bonds. The van der Waals surface area contributed by atoms with Crippen molar-refractivity contribution in [2.24, 2.45) is 0 Å². The van der Waals surface area contributed by atoms with E-state index in [1.54, 1.807) is 0 Å². The number of aromatic nitrogens is 3. The average molecular weight is 596 g/mol. The maximum absolute atomic E-state index is 5.49. The molecule has 8 aromatic carbocycles. The van der Waals surface area contributed by atoms with E-state index in [0.29, 0.717) is 5.95 Å². The Labute approximate surface area is 270 Å². The summed E-state index contributed by atoms with van der Waals surface area (Å²) in [6.07, 6.45) is 0. The number of fused-ring (bicyclic) bond motifs is 12. The van der Waals surface area contributed by atoms with Gasteiger partial charge in [-0.3, -0.25) is 4.57 Å². The van der Waals surface area contributed by atoms with Gasteiger partial charge in [-0.05, 0) is 72.8 Å². The van der Waals surface area contributed by atoms with Crippen molar-refractivity contribution >= 4 is 65.0 Å². The van der Waals surface area contributed by atoms with Crippen LogP contribution in [0.1, 0.15) is 0 Å². The van der Waals surface area contributed by atoms with E-state index in [1.165, 1.54) is 60.0 Å². The Balaban J connectivity index is 1.36. The SMILES string of the molecule is c1ccc(-c2nc(-n3c4ccc5ccccc5c4c4c5cccc6c5c(cc43)-c3ccccc3-6)nc3ccc4ccccc4c23)cc1. The quantitative estimate of drug-likeness (QED) is 0.186. The minimum atomic E-state index is 0.677. The molecule has 0 atom stereocenters. The van der Waals surface area contributed by atoms with Gasteiger partial charge in [-0.25, -0.2) is 9.97 Å². The molecule has 11 rings (SSSR count). The van der Waals surface area contributed by atoms with Gasteiger partial charge in [0, 0.05) is 21.7 Å². The molecule has 3 heteroatoms. The number of nitrogens with zero attached hydrogens (tertiary/aromatic N) is 3. The van der Waals surface area contributed by atoms with E-state index in [2.05, 4.69) is 156 Å². The molecule has 0 saturated heterocycles. The van der Waals surface area contributed by atoms with Crippen LogP contribution in [0.3, 0.4) is 0 Å². The molecule has 0 saturated carbocycles. The summed E-state index contributed by atoms with van der Waals surface area (Å²) < 4.78 is 2.31. The molecule has 10 aromatic rings. The van der Waals surface area contributed by atoms with Gasteiger partial charge in [-0.1, -0.05) is 133 Å². The Morgan fingerprint density at radius 3 is 1.81 bits per heavy atom. The summed E-state index contributed by atoms with van der Waals surface area (Å²) in [7, 11) is 0. The van der Waals surface area contributed by atoms with E-state index >= 15 is 0 Å². The first kappa shape index (κ1) is 24.9. The van der Waals surface area contributed by atoms with Gasteiger partial charge in [0.1, 0.15) is 0 Å². The normalized spacial score (nSPS) is 12.3. The lowest BCUT2D eigenvalue weighted by atomic mass is 9.96. The minimum Gasteiger partial charge on any atom is -0.278 e. The number of rotatable bonds is 2. The van der Waals surface area contributed by atoms with Crippen molar-refractivity contribution in [3.8, 4) is 39.5 Å². The monoisotopic (exact) mass is 595 g/mol. The molecule has 1 aliphatic carbocycles. The van der Waals surface area contributed by atoms with Crippen LogP contribution in [0.5, 0.6) is 0 Å². The lowest BCUT2D eigenvalue weighted by Crippen LogP contribution is -2.04. The van der Waals surface area contributed by atoms with Gasteiger partial charge in [-0.2, -0.15) is 0 Å². The second kappa shape index (κ2) is 9.12. The second-order valence-corrected chi connectivity index (χ2v) is 12.5. The van der Waals surface area contributed by atoms with Crippen molar-refractivity contribution in [3.05, 3.63) is 152 Å². The van der Waals surface area contributed by atoms with Crippen LogP contribution >= 0.6 is 0 Å². The van der Waals surface area contributed by atoms with Crippen LogP contribution in [0.4, 0.5) is 0 Å². The molecule has 3 nitrogen and oxygen atoms in total. The number of hydrogen-bond acceptors (Lipinski definition) is 2. The molecular weight excluding hydrogens is 571 g/mol. The highest BCUT2D eigenvalue weighted by Crippen LogP contribution is 2.51. The Bertz CT molecular complexity index is 2950. The van der Waals surface area contributed by atoms with Crippen LogP contribution in [0.15, 0.2) is 152 Å². The summed E-state index contributed by atoms with van der Waals surface area (Å²) in [6, 6.07) is 54.6. The largest absolute Gasteiger partial charge is 0.278 e. The van der Waals surface area contributed by atoms with Gasteiger partial charge < -0.3 is 0 Å². The smallest absolute Gasteiger partial charge is 0.235 e. The maximum atomic E-state index is 5.49. The van der Waals surface area contributed by atoms with Crippen LogP contribution in [0.2, 0.25) is 0 Å². The van der Waals surface area contributed by atoms with Crippen LogP contribution in [-0.4, -0.2) is 14.5 Å². The Hall–Kier alpha value is -6.32. The van der Waals surface area contributed by atoms with Crippen molar-refractivity contribution < 1.29 is 0 Å². The van der Waals surface area contributed by atoms with Gasteiger partial charge in [-0.15, -0.1) is 0 Å². The van der Waals surface area contributed by atoms with E-state index < -0.39 is 0 Å². The molecule has 2 aromatic heterocycles. The third-order valence-corrected chi connectivity index (χ3v) is 10.1. The third kappa shape index (κ3) is 3.30. The predicted octanol–water partition coefficient (Wildman–Crippen LogP) is 11.5. The van der Waals surface area contributed by atoms with Crippen molar-refractivity contribution in [1.29, 1.82) is 0 Å². The fraction of sp³-hybridized carbons (Fsp3) is 0. The van der Waals surface area contributed by atoms with E-state index in [1.807, 2.05) is 0 Å². The van der Waals surface area contributed by atoms with Crippen LogP contribution in [0.25, 0.3) is 104 Å². The summed E-state index contributed by atoms with van der Waals surface area (Å²) >= 11 is 0. The minimum absolute atomic E-state index is 0.677. The Kier molecular flexibility index (Phi) is 4.84. The van der Waals surface area contributed by atoms with Crippen LogP contribution in [-0.2, 0) is 0 Å². The van der Waals surface area contributed by atoms with Crippen LogP contribution < -0.4 is 0 Å². The maximum Gasteiger partial charge on any atom is 0.235 e. The first-order chi connectivity index (χ1) is 23.3. The Morgan fingerprint density at radius 1 is 0.383 bits per heavy atom. The number of hydrogen-bond donors (Lipinski definition) is 0. The van der Waals surface area contributed by atoms with Crippen molar-refractivity contribution in [3.63, 3.8) is 0 Å². The molecule has 0 radical (unpaired) electrons. The standard InChI is InChI=1S/C44H25N3/c1-2-13-28(14-3-1)43-40-29-15-6-4-11-26(29)21-23-36(40)45-44(46-43)47-37-24-22-27-12-5-7-16-30(27)41(37)42-34-20-10-19-33-31-17-8-9-18-32(31)35(39(33)34)25-38(42)47/h1-25H. The molecule has 0 bridgehead atoms. The zero-order chi connectivity index (χ0) is 30.6. The highest BCUT2D eigenvalue weighted by atomic mass is 15.2. The fourth-order valence-corrected chi connectivity index (χ4v) is 8.15. The molecule has 0 aliphatic heterocycles. The zero-order valence-corrected chi connectivity index (χ0v) is 25.3. The molecule has 216 valence electrons. The summed E-state index contributed by atoms with van der Waals surface area (Å²) in [6.45, 7) is 0. The fourth-order valence-electron chi connectivity index (χ4n) is 8.15. The highest BCUT2D eigenvalue weighted by Gasteiger charge is 2.27. The van der Waals surface area contributed by atoms with Gasteiger partial charge in [0.25, 0.3) is 0 Å². The first-order valence-corrected chi connectivity index (χ1v) is 16.1. The van der Waals surface area contributed by atoms with Gasteiger partial charge in [0.05, 0.1) is 22.2 Å². The van der Waals surface area contributed by atoms with E-state index in [-0.39, 0.29) is 0 Å². The van der Waals surface area contributed by atoms with Crippen molar-refractivity contribution in [2.45, 2.75) is 0 Å². The Morgan fingerprint density at radius 2 is 1.00 bits per heavy atom. The lowest BCUT2D eigenvalue weighted by molar-refractivity contribution is 1.02. The second-order valence-electron chi connectivity index (χ2n) is 12.5. The average Bonchev–Trinajstić information content (AvgIpc) is 3.65. The zero-order valence-electron chi connectivity index (χ0n) is 25.3. The van der Waals surface area contributed by atoms with Gasteiger partial charge >= 0.3 is 0 Å². The molecule has 0 unspecified atom stereocenters. The highest BCUT2D eigenvalue weighted by molar-refractivity contribution is 6.33. The van der Waals surface area contributed by atoms with E-state index in [9.17, 15) is 0 Å². The van der Waals surface area contributed by atoms with Crippen molar-refractivity contribution in [1.82, 2.24) is 14.5 Å². The lowest BCUT2D eigenvalue weighted by Gasteiger charge is -2.14.